The average molecular weight is 595 g/mol. The maximum atomic E-state index is 13.4. The van der Waals surface area contributed by atoms with Crippen molar-refractivity contribution >= 4 is 40.7 Å². The van der Waals surface area contributed by atoms with Gasteiger partial charge in [-0.25, -0.2) is 19.1 Å². The van der Waals surface area contributed by atoms with E-state index in [1.54, 1.807) is 32.3 Å². The van der Waals surface area contributed by atoms with Gasteiger partial charge in [0.25, 0.3) is 11.5 Å². The summed E-state index contributed by atoms with van der Waals surface area (Å²) in [6, 6.07) is 8.29. The highest BCUT2D eigenvalue weighted by molar-refractivity contribution is 5.95. The summed E-state index contributed by atoms with van der Waals surface area (Å²) >= 11 is 0. The Bertz CT molecular complexity index is 1590. The molecule has 3 aromatic rings. The van der Waals surface area contributed by atoms with Crippen molar-refractivity contribution in [1.29, 1.82) is 0 Å². The lowest BCUT2D eigenvalue weighted by atomic mass is 10.0. The van der Waals surface area contributed by atoms with Crippen molar-refractivity contribution < 1.29 is 29.0 Å². The Balaban J connectivity index is 1.88. The molecule has 3 rings (SSSR count). The number of imidazole rings is 1. The third-order valence-corrected chi connectivity index (χ3v) is 6.44. The average Bonchev–Trinajstić information content (AvgIpc) is 3.31. The molecule has 0 aliphatic heterocycles. The minimum atomic E-state index is -1.25. The van der Waals surface area contributed by atoms with Crippen LogP contribution in [0.25, 0.3) is 11.0 Å². The van der Waals surface area contributed by atoms with Crippen molar-refractivity contribution in [2.75, 3.05) is 33.5 Å². The Morgan fingerprint density at radius 3 is 2.42 bits per heavy atom. The number of carbonyl (C=O) groups is 4. The fourth-order valence-corrected chi connectivity index (χ4v) is 4.30. The van der Waals surface area contributed by atoms with Gasteiger partial charge in [-0.05, 0) is 55.0 Å². The molecule has 43 heavy (non-hydrogen) atoms. The number of rotatable bonds is 11. The highest BCUT2D eigenvalue weighted by Crippen LogP contribution is 2.23. The summed E-state index contributed by atoms with van der Waals surface area (Å²) in [6.07, 6.45) is 2.18. The Morgan fingerprint density at radius 1 is 1.07 bits per heavy atom. The third kappa shape index (κ3) is 8.31. The molecule has 1 aromatic carbocycles. The van der Waals surface area contributed by atoms with Gasteiger partial charge in [-0.2, -0.15) is 0 Å². The Morgan fingerprint density at radius 2 is 1.79 bits per heavy atom. The van der Waals surface area contributed by atoms with E-state index in [-0.39, 0.29) is 36.8 Å². The molecule has 0 aliphatic rings. The SMILES string of the molecule is CC(C)Cc1cccc2c1nc(Cn1cccc(NC(=O)C(CCC=CC(=O)N(C)C)OC(=O)N(C)C)c1=O)n2C(=O)O. The van der Waals surface area contributed by atoms with Gasteiger partial charge in [0.2, 0.25) is 5.91 Å². The van der Waals surface area contributed by atoms with Gasteiger partial charge in [0.05, 0.1) is 17.6 Å². The summed E-state index contributed by atoms with van der Waals surface area (Å²) in [7, 11) is 6.16. The fourth-order valence-electron chi connectivity index (χ4n) is 4.30. The Labute approximate surface area is 249 Å². The largest absolute Gasteiger partial charge is 0.464 e. The molecule has 0 saturated heterocycles. The number of carboxylic acid groups (broad SMARTS) is 1. The van der Waals surface area contributed by atoms with Gasteiger partial charge in [0.1, 0.15) is 11.5 Å². The molecule has 1 unspecified atom stereocenters. The van der Waals surface area contributed by atoms with E-state index in [1.807, 2.05) is 6.07 Å². The zero-order valence-corrected chi connectivity index (χ0v) is 25.2. The van der Waals surface area contributed by atoms with Gasteiger partial charge >= 0.3 is 12.2 Å². The van der Waals surface area contributed by atoms with Crippen molar-refractivity contribution in [2.45, 2.75) is 45.8 Å². The van der Waals surface area contributed by atoms with Crippen LogP contribution in [0.15, 0.2) is 53.5 Å². The molecule has 0 fully saturated rings. The number of allylic oxidation sites excluding steroid dienone is 1. The molecular weight excluding hydrogens is 556 g/mol. The summed E-state index contributed by atoms with van der Waals surface area (Å²) in [4.78, 5) is 69.9. The first-order valence-corrected chi connectivity index (χ1v) is 13.8. The fraction of sp³-hybridized carbons (Fsp3) is 0.400. The standard InChI is InChI=1S/C30H38N6O7/c1-19(2)17-20-11-9-13-22-26(20)32-24(36(22)29(40)41)18-35-16-10-12-21(28(35)39)31-27(38)23(43-30(42)34(5)6)14-7-8-15-25(37)33(3)4/h8-13,15-16,19,23H,7,14,17-18H2,1-6H3,(H,31,38)(H,40,41). The number of hydrogen-bond acceptors (Lipinski definition) is 7. The maximum Gasteiger partial charge on any atom is 0.417 e. The van der Waals surface area contributed by atoms with Crippen molar-refractivity contribution in [1.82, 2.24) is 23.9 Å². The number of hydrogen-bond donors (Lipinski definition) is 2. The molecule has 2 heterocycles. The normalized spacial score (nSPS) is 12.0. The molecule has 3 amide bonds. The van der Waals surface area contributed by atoms with Crippen LogP contribution < -0.4 is 10.9 Å². The van der Waals surface area contributed by atoms with E-state index in [0.29, 0.717) is 23.4 Å². The van der Waals surface area contributed by atoms with E-state index in [4.69, 9.17) is 4.74 Å². The number of nitrogens with one attached hydrogen (secondary N) is 1. The molecule has 230 valence electrons. The van der Waals surface area contributed by atoms with Gasteiger partial charge in [0, 0.05) is 34.4 Å². The first kappa shape index (κ1) is 32.6. The molecule has 2 aromatic heterocycles. The summed E-state index contributed by atoms with van der Waals surface area (Å²) < 4.78 is 7.64. The molecule has 0 spiro atoms. The van der Waals surface area contributed by atoms with Gasteiger partial charge in [0.15, 0.2) is 6.10 Å². The molecule has 1 atom stereocenters. The minimum Gasteiger partial charge on any atom is -0.464 e. The summed E-state index contributed by atoms with van der Waals surface area (Å²) in [5.74, 6) is -0.498. The van der Waals surface area contributed by atoms with Crippen LogP contribution >= 0.6 is 0 Å². The molecular formula is C30H38N6O7. The van der Waals surface area contributed by atoms with Crippen LogP contribution in [0.1, 0.15) is 38.1 Å². The van der Waals surface area contributed by atoms with Crippen LogP contribution in [-0.2, 0) is 27.3 Å². The number of para-hydroxylation sites is 1. The number of fused-ring (bicyclic) bond motifs is 1. The second kappa shape index (κ2) is 14.3. The monoisotopic (exact) mass is 594 g/mol. The van der Waals surface area contributed by atoms with Gasteiger partial charge in [-0.15, -0.1) is 0 Å². The second-order valence-electron chi connectivity index (χ2n) is 10.9. The van der Waals surface area contributed by atoms with Gasteiger partial charge in [-0.3, -0.25) is 14.4 Å². The molecule has 0 bridgehead atoms. The molecule has 0 saturated carbocycles. The summed E-state index contributed by atoms with van der Waals surface area (Å²) in [6.45, 7) is 3.94. The highest BCUT2D eigenvalue weighted by Gasteiger charge is 2.25. The number of benzene rings is 1. The summed E-state index contributed by atoms with van der Waals surface area (Å²) in [5.41, 5.74) is 1.19. The minimum absolute atomic E-state index is 0.0605. The summed E-state index contributed by atoms with van der Waals surface area (Å²) in [5, 5.41) is 12.5. The lowest BCUT2D eigenvalue weighted by Gasteiger charge is -2.19. The van der Waals surface area contributed by atoms with Crippen molar-refractivity contribution in [3.8, 4) is 0 Å². The number of amides is 3. The van der Waals surface area contributed by atoms with Crippen molar-refractivity contribution in [3.63, 3.8) is 0 Å². The van der Waals surface area contributed by atoms with Gasteiger partial charge in [-0.1, -0.05) is 32.1 Å². The topological polar surface area (TPSA) is 156 Å². The second-order valence-corrected chi connectivity index (χ2v) is 10.9. The molecule has 0 aliphatic carbocycles. The van der Waals surface area contributed by atoms with Crippen LogP contribution in [0.5, 0.6) is 0 Å². The van der Waals surface area contributed by atoms with Crippen molar-refractivity contribution in [2.24, 2.45) is 5.92 Å². The van der Waals surface area contributed by atoms with E-state index < -0.39 is 29.8 Å². The highest BCUT2D eigenvalue weighted by atomic mass is 16.6. The first-order valence-electron chi connectivity index (χ1n) is 13.8. The van der Waals surface area contributed by atoms with Crippen LogP contribution in [-0.4, -0.2) is 87.3 Å². The smallest absolute Gasteiger partial charge is 0.417 e. The van der Waals surface area contributed by atoms with Crippen LogP contribution in [0, 0.1) is 5.92 Å². The number of carbonyl (C=O) groups excluding carboxylic acids is 3. The van der Waals surface area contributed by atoms with E-state index >= 15 is 0 Å². The molecule has 2 N–H and O–H groups in total. The zero-order chi connectivity index (χ0) is 31.8. The zero-order valence-electron chi connectivity index (χ0n) is 25.2. The van der Waals surface area contributed by atoms with Crippen LogP contribution in [0.3, 0.4) is 0 Å². The van der Waals surface area contributed by atoms with E-state index in [2.05, 4.69) is 24.1 Å². The third-order valence-electron chi connectivity index (χ3n) is 6.44. The van der Waals surface area contributed by atoms with E-state index in [1.165, 1.54) is 52.9 Å². The Kier molecular flexibility index (Phi) is 10.8. The number of likely N-dealkylation sites (N-methyl/N-ethyl adjacent to an activating group) is 1. The molecule has 0 radical (unpaired) electrons. The lowest BCUT2D eigenvalue weighted by Crippen LogP contribution is -2.37. The first-order chi connectivity index (χ1) is 20.3. The van der Waals surface area contributed by atoms with Crippen molar-refractivity contribution in [3.05, 3.63) is 70.4 Å². The number of nitrogens with zero attached hydrogens (tertiary/aromatic N) is 5. The molecule has 13 heteroatoms. The number of aromatic nitrogens is 3. The quantitative estimate of drug-likeness (QED) is 0.320. The number of anilines is 1. The maximum absolute atomic E-state index is 13.4. The van der Waals surface area contributed by atoms with E-state index in [0.717, 1.165) is 10.1 Å². The predicted molar refractivity (Wildman–Crippen MR) is 161 cm³/mol. The predicted octanol–water partition coefficient (Wildman–Crippen LogP) is 3.40. The van der Waals surface area contributed by atoms with Crippen LogP contribution in [0.2, 0.25) is 0 Å². The van der Waals surface area contributed by atoms with Crippen LogP contribution in [0.4, 0.5) is 15.3 Å². The van der Waals surface area contributed by atoms with E-state index in [9.17, 15) is 29.1 Å². The molecule has 13 nitrogen and oxygen atoms in total. The lowest BCUT2D eigenvalue weighted by molar-refractivity contribution is -0.125. The number of ether oxygens (including phenoxy) is 1. The Hall–Kier alpha value is -4.94. The van der Waals surface area contributed by atoms with Gasteiger partial charge < -0.3 is 29.5 Å². The number of pyridine rings is 1.